The summed E-state index contributed by atoms with van der Waals surface area (Å²) in [6, 6.07) is 12.6. The first-order chi connectivity index (χ1) is 12.3. The van der Waals surface area contributed by atoms with Gasteiger partial charge in [-0.3, -0.25) is 5.41 Å². The van der Waals surface area contributed by atoms with Gasteiger partial charge in [0.2, 0.25) is 0 Å². The quantitative estimate of drug-likeness (QED) is 0.539. The first-order valence-corrected chi connectivity index (χ1v) is 7.50. The predicted octanol–water partition coefficient (Wildman–Crippen LogP) is 3.31. The third-order valence-electron chi connectivity index (χ3n) is 3.43. The number of nitrogens with zero attached hydrogens (tertiary/aromatic N) is 3. The van der Waals surface area contributed by atoms with Gasteiger partial charge in [-0.25, -0.2) is 9.67 Å². The van der Waals surface area contributed by atoms with Gasteiger partial charge in [-0.1, -0.05) is 24.3 Å². The average molecular weight is 361 g/mol. The van der Waals surface area contributed by atoms with Crippen LogP contribution in [0.2, 0.25) is 0 Å². The van der Waals surface area contributed by atoms with Gasteiger partial charge in [0.05, 0.1) is 11.5 Å². The lowest BCUT2D eigenvalue weighted by atomic mass is 10.1. The van der Waals surface area contributed by atoms with Gasteiger partial charge in [-0.05, 0) is 29.8 Å². The molecule has 6 nitrogen and oxygen atoms in total. The molecule has 0 fully saturated rings. The molecule has 9 heteroatoms. The van der Waals surface area contributed by atoms with Crippen LogP contribution in [0.1, 0.15) is 5.56 Å². The Morgan fingerprint density at radius 1 is 1.08 bits per heavy atom. The highest BCUT2D eigenvalue weighted by molar-refractivity contribution is 5.79. The number of amidine groups is 1. The molecule has 26 heavy (non-hydrogen) atoms. The number of nitrogens with one attached hydrogen (secondary N) is 1. The van der Waals surface area contributed by atoms with Crippen molar-refractivity contribution < 1.29 is 17.9 Å². The van der Waals surface area contributed by atoms with E-state index in [9.17, 15) is 13.2 Å². The van der Waals surface area contributed by atoms with E-state index >= 15 is 0 Å². The van der Waals surface area contributed by atoms with Gasteiger partial charge in [0.25, 0.3) is 0 Å². The van der Waals surface area contributed by atoms with Crippen LogP contribution in [-0.4, -0.2) is 27.0 Å². The van der Waals surface area contributed by atoms with E-state index in [0.717, 1.165) is 11.1 Å². The molecule has 0 unspecified atom stereocenters. The van der Waals surface area contributed by atoms with E-state index in [2.05, 4.69) is 14.8 Å². The monoisotopic (exact) mass is 361 g/mol. The van der Waals surface area contributed by atoms with Crippen LogP contribution in [0.25, 0.3) is 17.1 Å². The number of nitrogens with two attached hydrogens (primary N) is 1. The van der Waals surface area contributed by atoms with E-state index in [1.807, 2.05) is 24.3 Å². The fraction of sp³-hybridized carbons (Fsp3) is 0.118. The van der Waals surface area contributed by atoms with E-state index < -0.39 is 6.36 Å². The highest BCUT2D eigenvalue weighted by Gasteiger charge is 2.30. The number of rotatable bonds is 5. The van der Waals surface area contributed by atoms with Crippen LogP contribution in [0.5, 0.6) is 5.75 Å². The van der Waals surface area contributed by atoms with Gasteiger partial charge < -0.3 is 10.5 Å². The molecule has 1 heterocycles. The van der Waals surface area contributed by atoms with Gasteiger partial charge in [-0.15, -0.1) is 18.3 Å². The van der Waals surface area contributed by atoms with Crippen molar-refractivity contribution in [1.82, 2.24) is 14.8 Å². The van der Waals surface area contributed by atoms with Crippen LogP contribution >= 0.6 is 0 Å². The second kappa shape index (κ2) is 6.87. The fourth-order valence-electron chi connectivity index (χ4n) is 2.31. The summed E-state index contributed by atoms with van der Waals surface area (Å²) in [6.07, 6.45) is -2.89. The first kappa shape index (κ1) is 17.5. The molecule has 0 aliphatic carbocycles. The Kier molecular flexibility index (Phi) is 4.61. The number of ether oxygens (including phenoxy) is 1. The van der Waals surface area contributed by atoms with Gasteiger partial charge >= 0.3 is 6.36 Å². The lowest BCUT2D eigenvalue weighted by Crippen LogP contribution is -2.17. The number of benzene rings is 2. The molecule has 0 saturated carbocycles. The van der Waals surface area contributed by atoms with Crippen molar-refractivity contribution in [3.05, 3.63) is 60.4 Å². The molecule has 0 bridgehead atoms. The van der Waals surface area contributed by atoms with Crippen molar-refractivity contribution >= 4 is 5.84 Å². The Morgan fingerprint density at radius 2 is 1.73 bits per heavy atom. The Morgan fingerprint density at radius 3 is 2.31 bits per heavy atom. The van der Waals surface area contributed by atoms with Crippen LogP contribution in [0.15, 0.2) is 54.9 Å². The van der Waals surface area contributed by atoms with E-state index in [1.165, 1.54) is 35.3 Å². The molecular weight excluding hydrogens is 347 g/mol. The van der Waals surface area contributed by atoms with Crippen LogP contribution in [0.4, 0.5) is 13.2 Å². The van der Waals surface area contributed by atoms with Gasteiger partial charge in [-0.2, -0.15) is 0 Å². The van der Waals surface area contributed by atoms with E-state index in [1.54, 1.807) is 0 Å². The summed E-state index contributed by atoms with van der Waals surface area (Å²) in [5, 5.41) is 11.6. The summed E-state index contributed by atoms with van der Waals surface area (Å²) >= 11 is 0. The van der Waals surface area contributed by atoms with Crippen LogP contribution < -0.4 is 10.5 Å². The topological polar surface area (TPSA) is 89.8 Å². The zero-order valence-corrected chi connectivity index (χ0v) is 13.4. The molecule has 0 amide bonds. The average Bonchev–Trinajstić information content (AvgIpc) is 3.04. The maximum Gasteiger partial charge on any atom is 0.573 e. The third-order valence-corrected chi connectivity index (χ3v) is 3.43. The maximum absolute atomic E-state index is 12.2. The van der Waals surface area contributed by atoms with E-state index in [4.69, 9.17) is 11.1 Å². The van der Waals surface area contributed by atoms with E-state index in [0.29, 0.717) is 17.9 Å². The summed E-state index contributed by atoms with van der Waals surface area (Å²) < 4.78 is 41.8. The lowest BCUT2D eigenvalue weighted by Gasteiger charge is -2.09. The predicted molar refractivity (Wildman–Crippen MR) is 89.1 cm³/mol. The Labute approximate surface area is 146 Å². The summed E-state index contributed by atoms with van der Waals surface area (Å²) in [4.78, 5) is 4.21. The molecule has 3 aromatic rings. The van der Waals surface area contributed by atoms with Gasteiger partial charge in [0, 0.05) is 12.0 Å². The largest absolute Gasteiger partial charge is 0.573 e. The second-order valence-corrected chi connectivity index (χ2v) is 5.45. The molecule has 2 aromatic carbocycles. The highest BCUT2D eigenvalue weighted by atomic mass is 19.4. The molecular formula is C17H14F3N5O. The standard InChI is InChI=1S/C17H14F3N5O/c18-17(19,20)26-14-7-5-13(6-8-14)25-10-23-16(24-25)12-3-1-11(2-4-12)9-15(21)22/h1-8,10H,9H2,(H3,21,22). The smallest absolute Gasteiger partial charge is 0.406 e. The summed E-state index contributed by atoms with van der Waals surface area (Å²) in [7, 11) is 0. The van der Waals surface area contributed by atoms with E-state index in [-0.39, 0.29) is 11.6 Å². The number of hydrogen-bond acceptors (Lipinski definition) is 4. The SMILES string of the molecule is N=C(N)Cc1ccc(-c2ncn(-c3ccc(OC(F)(F)F)cc3)n2)cc1. The zero-order valence-electron chi connectivity index (χ0n) is 13.4. The lowest BCUT2D eigenvalue weighted by molar-refractivity contribution is -0.274. The number of halogens is 3. The van der Waals surface area contributed by atoms with Crippen molar-refractivity contribution in [2.75, 3.05) is 0 Å². The first-order valence-electron chi connectivity index (χ1n) is 7.50. The van der Waals surface area contributed by atoms with Crippen molar-refractivity contribution in [2.45, 2.75) is 12.8 Å². The minimum atomic E-state index is -4.73. The van der Waals surface area contributed by atoms with Crippen molar-refractivity contribution in [3.8, 4) is 22.8 Å². The molecule has 0 saturated heterocycles. The molecule has 3 N–H and O–H groups in total. The molecule has 3 rings (SSSR count). The molecule has 0 aliphatic rings. The Balaban J connectivity index is 1.76. The van der Waals surface area contributed by atoms with Gasteiger partial charge in [0.15, 0.2) is 5.82 Å². The van der Waals surface area contributed by atoms with Gasteiger partial charge in [0.1, 0.15) is 12.1 Å². The highest BCUT2D eigenvalue weighted by Crippen LogP contribution is 2.24. The molecule has 0 radical (unpaired) electrons. The van der Waals surface area contributed by atoms with Crippen LogP contribution in [0.3, 0.4) is 0 Å². The molecule has 0 atom stereocenters. The van der Waals surface area contributed by atoms with Crippen molar-refractivity contribution in [3.63, 3.8) is 0 Å². The fourth-order valence-corrected chi connectivity index (χ4v) is 2.31. The van der Waals surface area contributed by atoms with Crippen molar-refractivity contribution in [1.29, 1.82) is 5.41 Å². The summed E-state index contributed by atoms with van der Waals surface area (Å²) in [5.74, 6) is 0.246. The number of alkyl halides is 3. The zero-order chi connectivity index (χ0) is 18.7. The minimum absolute atomic E-state index is 0.0816. The number of hydrogen-bond donors (Lipinski definition) is 2. The maximum atomic E-state index is 12.2. The minimum Gasteiger partial charge on any atom is -0.406 e. The molecule has 0 spiro atoms. The van der Waals surface area contributed by atoms with Crippen LogP contribution in [-0.2, 0) is 6.42 Å². The second-order valence-electron chi connectivity index (χ2n) is 5.45. The normalized spacial score (nSPS) is 11.3. The molecule has 1 aromatic heterocycles. The van der Waals surface area contributed by atoms with Crippen molar-refractivity contribution in [2.24, 2.45) is 5.73 Å². The summed E-state index contributed by atoms with van der Waals surface area (Å²) in [6.45, 7) is 0. The number of aromatic nitrogens is 3. The summed E-state index contributed by atoms with van der Waals surface area (Å²) in [5.41, 5.74) is 7.59. The van der Waals surface area contributed by atoms with Crippen LogP contribution in [0, 0.1) is 5.41 Å². The molecule has 0 aliphatic heterocycles. The molecule has 134 valence electrons. The Hall–Kier alpha value is -3.36. The third kappa shape index (κ3) is 4.38. The Bertz CT molecular complexity index is 901.